The lowest BCUT2D eigenvalue weighted by Crippen LogP contribution is -1.93. The van der Waals surface area contributed by atoms with E-state index < -0.39 is 33.4 Å². The summed E-state index contributed by atoms with van der Waals surface area (Å²) in [5, 5.41) is 57.1. The first kappa shape index (κ1) is 13.8. The number of aromatic hydroxyl groups is 3. The van der Waals surface area contributed by atoms with Crippen LogP contribution in [0.1, 0.15) is 0 Å². The Labute approximate surface area is 103 Å². The first-order valence-electron chi connectivity index (χ1n) is 4.43. The van der Waals surface area contributed by atoms with E-state index in [2.05, 4.69) is 5.10 Å². The molecule has 1 aromatic heterocycles. The minimum atomic E-state index is -1.00. The molecular weight excluding hydrogens is 266 g/mol. The number of hydrogen-bond donors (Lipinski definition) is 5. The fourth-order valence-corrected chi connectivity index (χ4v) is 1.38. The number of carbonyl (C=O) groups is 1. The molecule has 0 aliphatic rings. The second-order valence-corrected chi connectivity index (χ2v) is 3.06. The van der Waals surface area contributed by atoms with Crippen molar-refractivity contribution in [2.45, 2.75) is 0 Å². The molecule has 0 unspecified atom stereocenters. The Morgan fingerprint density at radius 2 is 1.89 bits per heavy atom. The van der Waals surface area contributed by atoms with Crippen LogP contribution in [0.2, 0.25) is 0 Å². The number of phenols is 2. The van der Waals surface area contributed by atoms with Gasteiger partial charge in [0.2, 0.25) is 11.6 Å². The summed E-state index contributed by atoms with van der Waals surface area (Å²) in [7, 11) is 0. The third kappa shape index (κ3) is 2.24. The van der Waals surface area contributed by atoms with E-state index in [-0.39, 0.29) is 16.8 Å². The SMILES string of the molecule is O=CO.O=[N+]([O-])c1c(O)c(O)cc2c1c(O)nn2O. The number of rotatable bonds is 1. The van der Waals surface area contributed by atoms with Crippen LogP contribution < -0.4 is 0 Å². The fraction of sp³-hybridized carbons (Fsp3) is 0. The van der Waals surface area contributed by atoms with E-state index in [9.17, 15) is 25.4 Å². The third-order valence-corrected chi connectivity index (χ3v) is 2.04. The summed E-state index contributed by atoms with van der Waals surface area (Å²) < 4.78 is 0. The third-order valence-electron chi connectivity index (χ3n) is 2.04. The van der Waals surface area contributed by atoms with Gasteiger partial charge in [-0.25, -0.2) is 0 Å². The maximum absolute atomic E-state index is 10.7. The molecule has 2 rings (SSSR count). The molecular formula is C8H7N3O8. The van der Waals surface area contributed by atoms with Crippen LogP contribution >= 0.6 is 0 Å². The minimum absolute atomic E-state index is 0.164. The van der Waals surface area contributed by atoms with Crippen LogP contribution in [0.5, 0.6) is 17.4 Å². The van der Waals surface area contributed by atoms with Crippen molar-refractivity contribution in [1.82, 2.24) is 9.94 Å². The van der Waals surface area contributed by atoms with Gasteiger partial charge in [-0.05, 0) is 0 Å². The molecule has 5 N–H and O–H groups in total. The summed E-state index contributed by atoms with van der Waals surface area (Å²) in [5.74, 6) is -2.62. The van der Waals surface area contributed by atoms with E-state index in [1.807, 2.05) is 0 Å². The molecule has 102 valence electrons. The van der Waals surface area contributed by atoms with Gasteiger partial charge in [0.15, 0.2) is 5.75 Å². The van der Waals surface area contributed by atoms with Gasteiger partial charge in [-0.15, -0.1) is 0 Å². The first-order chi connectivity index (χ1) is 8.84. The van der Waals surface area contributed by atoms with E-state index in [0.29, 0.717) is 0 Å². The average Bonchev–Trinajstić information content (AvgIpc) is 2.57. The molecule has 0 saturated heterocycles. The quantitative estimate of drug-likeness (QED) is 0.157. The predicted molar refractivity (Wildman–Crippen MR) is 57.3 cm³/mol. The van der Waals surface area contributed by atoms with Crippen molar-refractivity contribution in [3.8, 4) is 17.4 Å². The summed E-state index contributed by atoms with van der Waals surface area (Å²) >= 11 is 0. The average molecular weight is 273 g/mol. The molecule has 0 amide bonds. The van der Waals surface area contributed by atoms with Crippen molar-refractivity contribution >= 4 is 23.1 Å². The highest BCUT2D eigenvalue weighted by molar-refractivity contribution is 5.97. The van der Waals surface area contributed by atoms with Crippen LogP contribution in [0.3, 0.4) is 0 Å². The Morgan fingerprint density at radius 1 is 1.37 bits per heavy atom. The molecule has 11 heteroatoms. The highest BCUT2D eigenvalue weighted by Crippen LogP contribution is 2.44. The van der Waals surface area contributed by atoms with Gasteiger partial charge in [-0.2, -0.15) is 0 Å². The zero-order valence-electron chi connectivity index (χ0n) is 8.96. The molecule has 0 saturated carbocycles. The molecule has 19 heavy (non-hydrogen) atoms. The molecule has 1 aromatic carbocycles. The van der Waals surface area contributed by atoms with Gasteiger partial charge in [-0.1, -0.05) is 9.94 Å². The van der Waals surface area contributed by atoms with E-state index in [4.69, 9.17) is 15.1 Å². The number of nitrogens with zero attached hydrogens (tertiary/aromatic N) is 3. The number of aromatic nitrogens is 2. The lowest BCUT2D eigenvalue weighted by atomic mass is 10.2. The zero-order chi connectivity index (χ0) is 14.7. The second kappa shape index (κ2) is 4.95. The Balaban J connectivity index is 0.000000550. The lowest BCUT2D eigenvalue weighted by Gasteiger charge is -2.00. The summed E-state index contributed by atoms with van der Waals surface area (Å²) in [4.78, 5) is 18.2. The number of hydrogen-bond acceptors (Lipinski definition) is 8. The van der Waals surface area contributed by atoms with Crippen molar-refractivity contribution in [3.05, 3.63) is 16.2 Å². The number of fused-ring (bicyclic) bond motifs is 1. The van der Waals surface area contributed by atoms with Crippen LogP contribution in [-0.4, -0.2) is 47.0 Å². The van der Waals surface area contributed by atoms with Gasteiger partial charge in [0.1, 0.15) is 10.9 Å². The number of benzene rings is 1. The summed E-state index contributed by atoms with van der Waals surface area (Å²) in [6, 6.07) is 0.838. The van der Waals surface area contributed by atoms with Crippen molar-refractivity contribution in [2.24, 2.45) is 0 Å². The molecule has 1 heterocycles. The molecule has 0 radical (unpaired) electrons. The van der Waals surface area contributed by atoms with E-state index in [0.717, 1.165) is 6.07 Å². The number of nitro groups is 1. The van der Waals surface area contributed by atoms with Crippen molar-refractivity contribution in [1.29, 1.82) is 0 Å². The van der Waals surface area contributed by atoms with Crippen molar-refractivity contribution in [3.63, 3.8) is 0 Å². The highest BCUT2D eigenvalue weighted by Gasteiger charge is 2.28. The van der Waals surface area contributed by atoms with Crippen LogP contribution in [0.25, 0.3) is 10.9 Å². The van der Waals surface area contributed by atoms with E-state index in [1.165, 1.54) is 0 Å². The number of carboxylic acid groups (broad SMARTS) is 1. The maximum atomic E-state index is 10.7. The molecule has 0 aliphatic heterocycles. The maximum Gasteiger partial charge on any atom is 0.329 e. The molecule has 0 fully saturated rings. The zero-order valence-corrected chi connectivity index (χ0v) is 8.96. The van der Waals surface area contributed by atoms with Gasteiger partial charge >= 0.3 is 5.69 Å². The normalized spacial score (nSPS) is 9.68. The van der Waals surface area contributed by atoms with Gasteiger partial charge in [0.25, 0.3) is 6.47 Å². The van der Waals surface area contributed by atoms with Crippen LogP contribution in [-0.2, 0) is 4.79 Å². The molecule has 2 aromatic rings. The van der Waals surface area contributed by atoms with Crippen LogP contribution in [0.4, 0.5) is 5.69 Å². The van der Waals surface area contributed by atoms with Crippen molar-refractivity contribution in [2.75, 3.05) is 0 Å². The van der Waals surface area contributed by atoms with E-state index in [1.54, 1.807) is 0 Å². The summed E-state index contributed by atoms with van der Waals surface area (Å²) in [5.41, 5.74) is -1.22. The molecule has 0 aliphatic carbocycles. The topological polar surface area (TPSA) is 179 Å². The van der Waals surface area contributed by atoms with Crippen molar-refractivity contribution < 1.29 is 35.4 Å². The highest BCUT2D eigenvalue weighted by atomic mass is 16.6. The Hall–Kier alpha value is -3.24. The minimum Gasteiger partial charge on any atom is -0.504 e. The standard InChI is InChI=1S/C7H5N3O6.CH2O2/c11-3-1-2-4(7(13)8-9(2)14)5(6(3)12)10(15)16;2-1-3/h1,11-12,14H,(H,8,13);1H,(H,2,3). The number of nitro benzene ring substituents is 1. The fourth-order valence-electron chi connectivity index (χ4n) is 1.38. The Kier molecular flexibility index (Phi) is 3.60. The summed E-state index contributed by atoms with van der Waals surface area (Å²) in [6.45, 7) is -0.250. The lowest BCUT2D eigenvalue weighted by molar-refractivity contribution is -0.384. The first-order valence-corrected chi connectivity index (χ1v) is 4.43. The van der Waals surface area contributed by atoms with Crippen LogP contribution in [0.15, 0.2) is 6.07 Å². The number of phenolic OH excluding ortho intramolecular Hbond substituents is 2. The van der Waals surface area contributed by atoms with Gasteiger partial charge in [0.05, 0.1) is 4.92 Å². The summed E-state index contributed by atoms with van der Waals surface area (Å²) in [6.07, 6.45) is 0. The van der Waals surface area contributed by atoms with Crippen LogP contribution in [0, 0.1) is 10.1 Å². The second-order valence-electron chi connectivity index (χ2n) is 3.06. The predicted octanol–water partition coefficient (Wildman–Crippen LogP) is -0.000600. The van der Waals surface area contributed by atoms with Gasteiger partial charge in [0, 0.05) is 6.07 Å². The smallest absolute Gasteiger partial charge is 0.329 e. The van der Waals surface area contributed by atoms with Gasteiger partial charge in [-0.3, -0.25) is 14.9 Å². The van der Waals surface area contributed by atoms with Gasteiger partial charge < -0.3 is 25.6 Å². The monoisotopic (exact) mass is 273 g/mol. The Morgan fingerprint density at radius 3 is 2.37 bits per heavy atom. The Bertz CT molecular complexity index is 649. The molecule has 11 nitrogen and oxygen atoms in total. The molecule has 0 atom stereocenters. The largest absolute Gasteiger partial charge is 0.504 e. The molecule has 0 bridgehead atoms. The van der Waals surface area contributed by atoms with E-state index >= 15 is 0 Å². The molecule has 0 spiro atoms.